The van der Waals surface area contributed by atoms with E-state index < -0.39 is 17.5 Å². The molecule has 4 nitrogen and oxygen atoms in total. The zero-order chi connectivity index (χ0) is 19.7. The Labute approximate surface area is 164 Å². The van der Waals surface area contributed by atoms with Crippen LogP contribution in [0, 0.1) is 11.6 Å². The molecule has 0 unspecified atom stereocenters. The lowest BCUT2D eigenvalue weighted by Crippen LogP contribution is -2.14. The fourth-order valence-corrected chi connectivity index (χ4v) is 4.21. The number of methoxy groups -OCH3 is 1. The minimum absolute atomic E-state index is 0.0532. The highest BCUT2D eigenvalue weighted by molar-refractivity contribution is 7.21. The summed E-state index contributed by atoms with van der Waals surface area (Å²) in [4.78, 5) is 13.2. The van der Waals surface area contributed by atoms with Crippen molar-refractivity contribution < 1.29 is 18.3 Å². The molecule has 0 radical (unpaired) electrons. The topological polar surface area (TPSA) is 43.3 Å². The number of anilines is 1. The van der Waals surface area contributed by atoms with E-state index in [9.17, 15) is 13.6 Å². The maximum absolute atomic E-state index is 14.3. The zero-order valence-corrected chi connectivity index (χ0v) is 15.7. The summed E-state index contributed by atoms with van der Waals surface area (Å²) < 4.78 is 36.2. The van der Waals surface area contributed by atoms with Crippen molar-refractivity contribution in [2.45, 2.75) is 6.61 Å². The lowest BCUT2D eigenvalue weighted by molar-refractivity contribution is 0.102. The highest BCUT2D eigenvalue weighted by atomic mass is 32.1. The molecule has 4 rings (SSSR count). The van der Waals surface area contributed by atoms with Crippen LogP contribution in [-0.4, -0.2) is 17.6 Å². The Balaban J connectivity index is 1.72. The zero-order valence-electron chi connectivity index (χ0n) is 14.9. The van der Waals surface area contributed by atoms with Gasteiger partial charge in [0.1, 0.15) is 11.6 Å². The van der Waals surface area contributed by atoms with Gasteiger partial charge in [0.25, 0.3) is 5.91 Å². The van der Waals surface area contributed by atoms with Gasteiger partial charge in [-0.3, -0.25) is 4.79 Å². The highest BCUT2D eigenvalue weighted by Gasteiger charge is 2.21. The molecule has 2 heterocycles. The molecule has 2 aromatic carbocycles. The molecule has 1 amide bonds. The number of carbonyl (C=O) groups is 1. The standard InChI is InChI=1S/C21H16F2N2O2S/c1-27-12-14-19-16(23)5-4-6-18(19)28-20(14)21(26)24-17-11-13(7-8-15(17)22)25-9-2-3-10-25/h2-11H,12H2,1H3,(H,24,26). The number of benzene rings is 2. The summed E-state index contributed by atoms with van der Waals surface area (Å²) in [7, 11) is 1.48. The van der Waals surface area contributed by atoms with Crippen LogP contribution in [0.2, 0.25) is 0 Å². The number of aromatic nitrogens is 1. The first-order valence-corrected chi connectivity index (χ1v) is 9.33. The third-order valence-corrected chi connectivity index (χ3v) is 5.55. The maximum Gasteiger partial charge on any atom is 0.266 e. The predicted molar refractivity (Wildman–Crippen MR) is 106 cm³/mol. The van der Waals surface area contributed by atoms with Gasteiger partial charge >= 0.3 is 0 Å². The van der Waals surface area contributed by atoms with Crippen LogP contribution in [0.1, 0.15) is 15.2 Å². The average molecular weight is 398 g/mol. The summed E-state index contributed by atoms with van der Waals surface area (Å²) in [5.74, 6) is -1.47. The van der Waals surface area contributed by atoms with Crippen molar-refractivity contribution in [3.05, 3.63) is 83.0 Å². The molecular formula is C21H16F2N2O2S. The minimum Gasteiger partial charge on any atom is -0.380 e. The third-order valence-electron chi connectivity index (χ3n) is 4.36. The smallest absolute Gasteiger partial charge is 0.266 e. The van der Waals surface area contributed by atoms with Crippen LogP contribution in [0.15, 0.2) is 60.9 Å². The van der Waals surface area contributed by atoms with Crippen molar-refractivity contribution in [3.8, 4) is 5.69 Å². The Morgan fingerprint density at radius 3 is 2.64 bits per heavy atom. The molecule has 7 heteroatoms. The van der Waals surface area contributed by atoms with E-state index in [1.807, 2.05) is 24.5 Å². The van der Waals surface area contributed by atoms with Crippen LogP contribution in [0.3, 0.4) is 0 Å². The molecule has 0 spiro atoms. The molecule has 0 aliphatic carbocycles. The molecule has 0 bridgehead atoms. The summed E-state index contributed by atoms with van der Waals surface area (Å²) >= 11 is 1.15. The number of nitrogens with zero attached hydrogens (tertiary/aromatic N) is 1. The summed E-state index contributed by atoms with van der Waals surface area (Å²) in [5, 5.41) is 2.98. The van der Waals surface area contributed by atoms with Crippen LogP contribution in [0.5, 0.6) is 0 Å². The molecule has 0 saturated heterocycles. The quantitative estimate of drug-likeness (QED) is 0.491. The molecule has 4 aromatic rings. The number of nitrogens with one attached hydrogen (secondary N) is 1. The molecular weight excluding hydrogens is 382 g/mol. The van der Waals surface area contributed by atoms with Crippen molar-refractivity contribution in [1.29, 1.82) is 0 Å². The first-order valence-electron chi connectivity index (χ1n) is 8.51. The minimum atomic E-state index is -0.551. The second-order valence-electron chi connectivity index (χ2n) is 6.16. The lowest BCUT2D eigenvalue weighted by Gasteiger charge is -2.10. The highest BCUT2D eigenvalue weighted by Crippen LogP contribution is 2.34. The van der Waals surface area contributed by atoms with Crippen molar-refractivity contribution in [3.63, 3.8) is 0 Å². The number of amides is 1. The van der Waals surface area contributed by atoms with E-state index in [0.717, 1.165) is 11.3 Å². The van der Waals surface area contributed by atoms with Crippen LogP contribution < -0.4 is 5.32 Å². The number of fused-ring (bicyclic) bond motifs is 1. The van der Waals surface area contributed by atoms with E-state index >= 15 is 0 Å². The van der Waals surface area contributed by atoms with Crippen LogP contribution in [0.4, 0.5) is 14.5 Å². The van der Waals surface area contributed by atoms with E-state index in [0.29, 0.717) is 26.2 Å². The summed E-state index contributed by atoms with van der Waals surface area (Å²) in [6.07, 6.45) is 3.65. The van der Waals surface area contributed by atoms with Crippen molar-refractivity contribution in [2.24, 2.45) is 0 Å². The van der Waals surface area contributed by atoms with Gasteiger partial charge in [0, 0.05) is 40.8 Å². The predicted octanol–water partition coefficient (Wildman–Crippen LogP) is 5.37. The van der Waals surface area contributed by atoms with E-state index in [2.05, 4.69) is 5.32 Å². The van der Waals surface area contributed by atoms with Gasteiger partial charge in [0.2, 0.25) is 0 Å². The lowest BCUT2D eigenvalue weighted by atomic mass is 10.1. The fourth-order valence-electron chi connectivity index (χ4n) is 3.09. The van der Waals surface area contributed by atoms with Gasteiger partial charge < -0.3 is 14.6 Å². The van der Waals surface area contributed by atoms with Crippen LogP contribution in [-0.2, 0) is 11.3 Å². The second kappa shape index (κ2) is 7.53. The van der Waals surface area contributed by atoms with Gasteiger partial charge in [-0.1, -0.05) is 6.07 Å². The Bertz CT molecular complexity index is 1150. The molecule has 0 fully saturated rings. The Morgan fingerprint density at radius 1 is 1.11 bits per heavy atom. The number of hydrogen-bond donors (Lipinski definition) is 1. The van der Waals surface area contributed by atoms with Crippen LogP contribution in [0.25, 0.3) is 15.8 Å². The molecule has 1 N–H and O–H groups in total. The molecule has 0 saturated carbocycles. The van der Waals surface area contributed by atoms with Crippen molar-refractivity contribution >= 4 is 33.0 Å². The van der Waals surface area contributed by atoms with E-state index in [-0.39, 0.29) is 12.3 Å². The molecule has 28 heavy (non-hydrogen) atoms. The van der Waals surface area contributed by atoms with Gasteiger partial charge in [0.15, 0.2) is 0 Å². The average Bonchev–Trinajstić information content (AvgIpc) is 3.33. The van der Waals surface area contributed by atoms with E-state index in [4.69, 9.17) is 4.74 Å². The first-order chi connectivity index (χ1) is 13.6. The molecule has 0 aliphatic rings. The molecule has 0 aliphatic heterocycles. The van der Waals surface area contributed by atoms with Crippen molar-refractivity contribution in [1.82, 2.24) is 4.57 Å². The monoisotopic (exact) mass is 398 g/mol. The number of carbonyl (C=O) groups excluding carboxylic acids is 1. The Morgan fingerprint density at radius 2 is 1.89 bits per heavy atom. The van der Waals surface area contributed by atoms with Gasteiger partial charge in [-0.25, -0.2) is 8.78 Å². The second-order valence-corrected chi connectivity index (χ2v) is 7.22. The largest absolute Gasteiger partial charge is 0.380 e. The van der Waals surface area contributed by atoms with E-state index in [1.54, 1.807) is 28.8 Å². The normalized spacial score (nSPS) is 11.1. The number of rotatable bonds is 5. The Kier molecular flexibility index (Phi) is 4.93. The van der Waals surface area contributed by atoms with Gasteiger partial charge in [-0.15, -0.1) is 11.3 Å². The van der Waals surface area contributed by atoms with Crippen molar-refractivity contribution in [2.75, 3.05) is 12.4 Å². The number of thiophene rings is 1. The van der Waals surface area contributed by atoms with Gasteiger partial charge in [-0.05, 0) is 42.5 Å². The van der Waals surface area contributed by atoms with Gasteiger partial charge in [-0.2, -0.15) is 0 Å². The SMILES string of the molecule is COCc1c(C(=O)Nc2cc(-n3cccc3)ccc2F)sc2cccc(F)c12. The Hall–Kier alpha value is -3.03. The molecule has 0 atom stereocenters. The first kappa shape index (κ1) is 18.3. The third kappa shape index (κ3) is 3.30. The van der Waals surface area contributed by atoms with Crippen LogP contribution >= 0.6 is 11.3 Å². The summed E-state index contributed by atoms with van der Waals surface area (Å²) in [6, 6.07) is 12.8. The number of halogens is 2. The summed E-state index contributed by atoms with van der Waals surface area (Å²) in [5.41, 5.74) is 1.22. The number of ether oxygens (including phenoxy) is 1. The maximum atomic E-state index is 14.3. The molecule has 142 valence electrons. The molecule has 2 aromatic heterocycles. The van der Waals surface area contributed by atoms with E-state index in [1.165, 1.54) is 19.2 Å². The number of hydrogen-bond acceptors (Lipinski definition) is 3. The fraction of sp³-hybridized carbons (Fsp3) is 0.0952. The van der Waals surface area contributed by atoms with Gasteiger partial charge in [0.05, 0.1) is 17.2 Å². The summed E-state index contributed by atoms with van der Waals surface area (Å²) in [6.45, 7) is 0.0789.